The quantitative estimate of drug-likeness (QED) is 0.925. The Bertz CT molecular complexity index is 556. The number of hydrogen-bond acceptors (Lipinski definition) is 5. The average molecular weight is 321 g/mol. The van der Waals surface area contributed by atoms with E-state index in [0.717, 1.165) is 37.4 Å². The van der Waals surface area contributed by atoms with Crippen molar-refractivity contribution in [3.05, 3.63) is 21.9 Å². The summed E-state index contributed by atoms with van der Waals surface area (Å²) in [5.74, 6) is 0. The van der Waals surface area contributed by atoms with Gasteiger partial charge in [0.25, 0.3) is 0 Å². The monoisotopic (exact) mass is 321 g/mol. The number of nitrogens with zero attached hydrogens (tertiary/aromatic N) is 2. The van der Waals surface area contributed by atoms with Gasteiger partial charge in [-0.25, -0.2) is 4.79 Å². The first-order chi connectivity index (χ1) is 10.4. The van der Waals surface area contributed by atoms with Crippen molar-refractivity contribution in [3.63, 3.8) is 0 Å². The molecule has 2 rings (SSSR count). The number of amides is 1. The summed E-state index contributed by atoms with van der Waals surface area (Å²) in [6.07, 6.45) is 1.79. The van der Waals surface area contributed by atoms with Crippen molar-refractivity contribution in [1.82, 2.24) is 10.2 Å². The molecule has 0 aromatic carbocycles. The zero-order valence-electron chi connectivity index (χ0n) is 13.4. The molecule has 1 N–H and O–H groups in total. The molecule has 1 aliphatic heterocycles. The molecule has 2 heterocycles. The van der Waals surface area contributed by atoms with Gasteiger partial charge in [0, 0.05) is 35.9 Å². The highest BCUT2D eigenvalue weighted by atomic mass is 32.1. The summed E-state index contributed by atoms with van der Waals surface area (Å²) in [4.78, 5) is 15.2. The van der Waals surface area contributed by atoms with Gasteiger partial charge >= 0.3 is 6.09 Å². The van der Waals surface area contributed by atoms with Crippen molar-refractivity contribution < 1.29 is 9.53 Å². The smallest absolute Gasteiger partial charge is 0.410 e. The molecule has 1 amide bonds. The molecule has 1 fully saturated rings. The highest BCUT2D eigenvalue weighted by Gasteiger charge is 2.31. The van der Waals surface area contributed by atoms with E-state index in [2.05, 4.69) is 11.4 Å². The number of rotatable bonds is 4. The van der Waals surface area contributed by atoms with Gasteiger partial charge in [0.15, 0.2) is 0 Å². The number of likely N-dealkylation sites (tertiary alicyclic amines) is 1. The van der Waals surface area contributed by atoms with Crippen molar-refractivity contribution >= 4 is 17.4 Å². The topological polar surface area (TPSA) is 65.4 Å². The summed E-state index contributed by atoms with van der Waals surface area (Å²) in [5, 5.41) is 14.1. The molecule has 5 nitrogen and oxygen atoms in total. The van der Waals surface area contributed by atoms with Crippen molar-refractivity contribution in [2.45, 2.75) is 51.8 Å². The summed E-state index contributed by atoms with van der Waals surface area (Å²) in [7, 11) is 0. The van der Waals surface area contributed by atoms with E-state index in [0.29, 0.717) is 5.56 Å². The highest BCUT2D eigenvalue weighted by molar-refractivity contribution is 7.10. The van der Waals surface area contributed by atoms with Crippen LogP contribution in [0, 0.1) is 11.3 Å². The number of carbonyl (C=O) groups excluding carboxylic acids is 1. The normalized spacial score (nSPS) is 18.3. The zero-order chi connectivity index (χ0) is 16.2. The van der Waals surface area contributed by atoms with Gasteiger partial charge in [-0.1, -0.05) is 0 Å². The first-order valence-corrected chi connectivity index (χ1v) is 8.45. The molecule has 1 aromatic heterocycles. The Kier molecular flexibility index (Phi) is 5.43. The van der Waals surface area contributed by atoms with Crippen molar-refractivity contribution in [1.29, 1.82) is 5.26 Å². The van der Waals surface area contributed by atoms with Gasteiger partial charge in [-0.05, 0) is 39.7 Å². The Morgan fingerprint density at radius 1 is 1.59 bits per heavy atom. The van der Waals surface area contributed by atoms with Crippen LogP contribution in [0.2, 0.25) is 0 Å². The lowest BCUT2D eigenvalue weighted by atomic mass is 10.2. The molecule has 1 unspecified atom stereocenters. The van der Waals surface area contributed by atoms with Gasteiger partial charge in [0.2, 0.25) is 0 Å². The van der Waals surface area contributed by atoms with Crippen LogP contribution >= 0.6 is 11.3 Å². The molecule has 0 aliphatic carbocycles. The third kappa shape index (κ3) is 4.72. The van der Waals surface area contributed by atoms with E-state index in [-0.39, 0.29) is 12.1 Å². The molecular weight excluding hydrogens is 298 g/mol. The van der Waals surface area contributed by atoms with Gasteiger partial charge in [-0.3, -0.25) is 0 Å². The van der Waals surface area contributed by atoms with Gasteiger partial charge in [0.05, 0.1) is 5.56 Å². The third-order valence-corrected chi connectivity index (χ3v) is 4.40. The fourth-order valence-electron chi connectivity index (χ4n) is 2.50. The van der Waals surface area contributed by atoms with Gasteiger partial charge < -0.3 is 15.0 Å². The first-order valence-electron chi connectivity index (χ1n) is 7.57. The van der Waals surface area contributed by atoms with Crippen molar-refractivity contribution in [2.75, 3.05) is 13.1 Å². The number of nitrogens with one attached hydrogen (secondary N) is 1. The maximum absolute atomic E-state index is 12.2. The number of ether oxygens (including phenoxy) is 1. The summed E-state index contributed by atoms with van der Waals surface area (Å²) >= 11 is 1.58. The van der Waals surface area contributed by atoms with E-state index in [4.69, 9.17) is 10.00 Å². The van der Waals surface area contributed by atoms with Gasteiger partial charge in [0.1, 0.15) is 11.7 Å². The Morgan fingerprint density at radius 2 is 2.36 bits per heavy atom. The van der Waals surface area contributed by atoms with Crippen LogP contribution in [0.5, 0.6) is 0 Å². The number of carbonyl (C=O) groups is 1. The van der Waals surface area contributed by atoms with Gasteiger partial charge in [-0.15, -0.1) is 11.3 Å². The van der Waals surface area contributed by atoms with E-state index in [1.165, 1.54) is 0 Å². The lowest BCUT2D eigenvalue weighted by Crippen LogP contribution is -2.43. The lowest BCUT2D eigenvalue weighted by Gasteiger charge is -2.28. The van der Waals surface area contributed by atoms with E-state index >= 15 is 0 Å². The van der Waals surface area contributed by atoms with E-state index < -0.39 is 5.60 Å². The molecule has 0 spiro atoms. The minimum atomic E-state index is -0.456. The number of thiophene rings is 1. The Balaban J connectivity index is 1.81. The molecular formula is C16H23N3O2S. The van der Waals surface area contributed by atoms with E-state index in [1.807, 2.05) is 37.1 Å². The fourth-order valence-corrected chi connectivity index (χ4v) is 3.28. The maximum atomic E-state index is 12.2. The molecule has 120 valence electrons. The second-order valence-electron chi connectivity index (χ2n) is 6.51. The fraction of sp³-hybridized carbons (Fsp3) is 0.625. The standard InChI is InChI=1S/C16H23N3O2S/c1-16(2,3)21-15(20)19-6-4-5-13(19)9-18-10-14-7-12(8-17)11-22-14/h7,11,13,18H,4-6,9-10H2,1-3H3. The molecule has 0 bridgehead atoms. The average Bonchev–Trinajstić information content (AvgIpc) is 3.05. The predicted molar refractivity (Wildman–Crippen MR) is 86.7 cm³/mol. The molecule has 0 radical (unpaired) electrons. The first kappa shape index (κ1) is 16.8. The van der Waals surface area contributed by atoms with Crippen LogP contribution in [0.25, 0.3) is 0 Å². The van der Waals surface area contributed by atoms with Crippen LogP contribution in [0.4, 0.5) is 4.79 Å². The minimum Gasteiger partial charge on any atom is -0.444 e. The van der Waals surface area contributed by atoms with Crippen LogP contribution in [-0.4, -0.2) is 35.7 Å². The summed E-state index contributed by atoms with van der Waals surface area (Å²) in [5.41, 5.74) is 0.250. The van der Waals surface area contributed by atoms with Crippen molar-refractivity contribution in [3.8, 4) is 6.07 Å². The van der Waals surface area contributed by atoms with Crippen LogP contribution in [0.1, 0.15) is 44.1 Å². The van der Waals surface area contributed by atoms with Crippen LogP contribution in [-0.2, 0) is 11.3 Å². The third-order valence-electron chi connectivity index (χ3n) is 3.47. The highest BCUT2D eigenvalue weighted by Crippen LogP contribution is 2.20. The van der Waals surface area contributed by atoms with Crippen LogP contribution in [0.15, 0.2) is 11.4 Å². The molecule has 1 saturated heterocycles. The molecule has 22 heavy (non-hydrogen) atoms. The zero-order valence-corrected chi connectivity index (χ0v) is 14.2. The van der Waals surface area contributed by atoms with E-state index in [9.17, 15) is 4.79 Å². The maximum Gasteiger partial charge on any atom is 0.410 e. The Morgan fingerprint density at radius 3 is 3.00 bits per heavy atom. The minimum absolute atomic E-state index is 0.185. The molecule has 0 saturated carbocycles. The SMILES string of the molecule is CC(C)(C)OC(=O)N1CCCC1CNCc1cc(C#N)cs1. The summed E-state index contributed by atoms with van der Waals surface area (Å²) < 4.78 is 5.46. The number of nitriles is 1. The van der Waals surface area contributed by atoms with Crippen LogP contribution < -0.4 is 5.32 Å². The predicted octanol–water partition coefficient (Wildman–Crippen LogP) is 3.11. The van der Waals surface area contributed by atoms with Crippen molar-refractivity contribution in [2.24, 2.45) is 0 Å². The molecule has 1 aromatic rings. The lowest BCUT2D eigenvalue weighted by molar-refractivity contribution is 0.0226. The number of hydrogen-bond donors (Lipinski definition) is 1. The second-order valence-corrected chi connectivity index (χ2v) is 7.51. The summed E-state index contributed by atoms with van der Waals surface area (Å²) in [6, 6.07) is 4.22. The largest absolute Gasteiger partial charge is 0.444 e. The molecule has 1 atom stereocenters. The van der Waals surface area contributed by atoms with Gasteiger partial charge in [-0.2, -0.15) is 5.26 Å². The second kappa shape index (κ2) is 7.12. The molecule has 6 heteroatoms. The molecule has 1 aliphatic rings. The van der Waals surface area contributed by atoms with E-state index in [1.54, 1.807) is 11.3 Å². The summed E-state index contributed by atoms with van der Waals surface area (Å²) in [6.45, 7) is 7.90. The van der Waals surface area contributed by atoms with Crippen LogP contribution in [0.3, 0.4) is 0 Å². The Hall–Kier alpha value is -1.58. The Labute approximate surface area is 135 Å².